The van der Waals surface area contributed by atoms with E-state index in [1.165, 1.54) is 0 Å². The third-order valence-electron chi connectivity index (χ3n) is 3.08. The number of aromatic nitrogens is 1. The number of hydrogen-bond acceptors (Lipinski definition) is 5. The van der Waals surface area contributed by atoms with Crippen LogP contribution in [0.5, 0.6) is 5.75 Å². The fourth-order valence-electron chi connectivity index (χ4n) is 2.09. The van der Waals surface area contributed by atoms with Gasteiger partial charge in [-0.3, -0.25) is 0 Å². The van der Waals surface area contributed by atoms with Crippen molar-refractivity contribution in [2.45, 2.75) is 25.2 Å². The van der Waals surface area contributed by atoms with Crippen LogP contribution in [-0.2, 0) is 16.4 Å². The third kappa shape index (κ3) is 3.62. The number of methoxy groups -OCH3 is 1. The van der Waals surface area contributed by atoms with E-state index in [4.69, 9.17) is 9.26 Å². The van der Waals surface area contributed by atoms with E-state index in [0.29, 0.717) is 24.4 Å². The van der Waals surface area contributed by atoms with Crippen LogP contribution in [0.4, 0.5) is 0 Å². The Labute approximate surface area is 124 Å². The average molecular weight is 310 g/mol. The zero-order valence-electron chi connectivity index (χ0n) is 12.2. The summed E-state index contributed by atoms with van der Waals surface area (Å²) in [5.74, 6) is 1.04. The van der Waals surface area contributed by atoms with Gasteiger partial charge >= 0.3 is 0 Å². The van der Waals surface area contributed by atoms with Crippen LogP contribution in [0, 0.1) is 13.8 Å². The molecular formula is C14H18N2O4S. The zero-order valence-corrected chi connectivity index (χ0v) is 13.0. The molecule has 0 radical (unpaired) electrons. The predicted molar refractivity (Wildman–Crippen MR) is 77.9 cm³/mol. The van der Waals surface area contributed by atoms with Crippen molar-refractivity contribution in [1.82, 2.24) is 9.88 Å². The Morgan fingerprint density at radius 3 is 2.71 bits per heavy atom. The van der Waals surface area contributed by atoms with Crippen LogP contribution in [-0.4, -0.2) is 27.2 Å². The highest BCUT2D eigenvalue weighted by Gasteiger charge is 2.23. The van der Waals surface area contributed by atoms with Crippen molar-refractivity contribution >= 4 is 10.0 Å². The molecule has 0 bridgehead atoms. The Balaban J connectivity index is 2.02. The van der Waals surface area contributed by atoms with Gasteiger partial charge in [-0.25, -0.2) is 13.1 Å². The van der Waals surface area contributed by atoms with Gasteiger partial charge in [0.2, 0.25) is 10.0 Å². The zero-order chi connectivity index (χ0) is 15.5. The van der Waals surface area contributed by atoms with Crippen LogP contribution in [0.25, 0.3) is 0 Å². The van der Waals surface area contributed by atoms with Gasteiger partial charge in [-0.05, 0) is 38.0 Å². The van der Waals surface area contributed by atoms with Crippen LogP contribution in [0.15, 0.2) is 33.7 Å². The van der Waals surface area contributed by atoms with E-state index in [1.807, 2.05) is 24.3 Å². The molecule has 0 saturated heterocycles. The highest BCUT2D eigenvalue weighted by atomic mass is 32.2. The van der Waals surface area contributed by atoms with E-state index in [1.54, 1.807) is 21.0 Å². The van der Waals surface area contributed by atoms with E-state index in [2.05, 4.69) is 9.88 Å². The second-order valence-corrected chi connectivity index (χ2v) is 6.36. The Morgan fingerprint density at radius 1 is 1.33 bits per heavy atom. The molecule has 1 aromatic heterocycles. The van der Waals surface area contributed by atoms with Crippen LogP contribution in [0.3, 0.4) is 0 Å². The van der Waals surface area contributed by atoms with Crippen molar-refractivity contribution in [1.29, 1.82) is 0 Å². The minimum absolute atomic E-state index is 0.119. The van der Waals surface area contributed by atoms with Gasteiger partial charge in [0, 0.05) is 6.54 Å². The number of hydrogen-bond donors (Lipinski definition) is 1. The lowest BCUT2D eigenvalue weighted by atomic mass is 10.1. The molecule has 2 rings (SSSR count). The average Bonchev–Trinajstić information content (AvgIpc) is 2.79. The number of benzene rings is 1. The molecule has 1 aromatic carbocycles. The minimum Gasteiger partial charge on any atom is -0.497 e. The topological polar surface area (TPSA) is 81.4 Å². The van der Waals surface area contributed by atoms with Crippen LogP contribution in [0.1, 0.15) is 17.0 Å². The van der Waals surface area contributed by atoms with Gasteiger partial charge in [0.25, 0.3) is 0 Å². The van der Waals surface area contributed by atoms with Gasteiger partial charge in [0.1, 0.15) is 16.3 Å². The lowest BCUT2D eigenvalue weighted by Gasteiger charge is -2.07. The molecule has 1 heterocycles. The second-order valence-electron chi connectivity index (χ2n) is 4.65. The molecule has 2 aromatic rings. The minimum atomic E-state index is -3.60. The molecule has 114 valence electrons. The van der Waals surface area contributed by atoms with Crippen LogP contribution in [0.2, 0.25) is 0 Å². The normalized spacial score (nSPS) is 11.6. The maximum Gasteiger partial charge on any atom is 0.245 e. The number of aryl methyl sites for hydroxylation is 2. The Bertz CT molecular complexity index is 703. The first-order chi connectivity index (χ1) is 9.94. The SMILES string of the molecule is COc1cccc(CCNS(=O)(=O)c2c(C)noc2C)c1. The quantitative estimate of drug-likeness (QED) is 0.880. The van der Waals surface area contributed by atoms with Crippen molar-refractivity contribution in [3.63, 3.8) is 0 Å². The summed E-state index contributed by atoms with van der Waals surface area (Å²) in [6, 6.07) is 7.52. The fourth-order valence-corrected chi connectivity index (χ4v) is 3.45. The van der Waals surface area contributed by atoms with E-state index in [0.717, 1.165) is 11.3 Å². The summed E-state index contributed by atoms with van der Waals surface area (Å²) in [7, 11) is -2.01. The molecule has 0 unspecified atom stereocenters. The molecule has 0 aliphatic carbocycles. The molecule has 0 fully saturated rings. The molecular weight excluding hydrogens is 292 g/mol. The summed E-state index contributed by atoms with van der Waals surface area (Å²) in [5, 5.41) is 3.66. The number of rotatable bonds is 6. The highest BCUT2D eigenvalue weighted by Crippen LogP contribution is 2.18. The number of sulfonamides is 1. The smallest absolute Gasteiger partial charge is 0.245 e. The summed E-state index contributed by atoms with van der Waals surface area (Å²) < 4.78 is 37.0. The molecule has 0 aliphatic heterocycles. The molecule has 0 amide bonds. The van der Waals surface area contributed by atoms with Gasteiger partial charge in [-0.2, -0.15) is 0 Å². The highest BCUT2D eigenvalue weighted by molar-refractivity contribution is 7.89. The van der Waals surface area contributed by atoms with Gasteiger partial charge in [0.05, 0.1) is 7.11 Å². The largest absolute Gasteiger partial charge is 0.497 e. The first kappa shape index (κ1) is 15.5. The monoisotopic (exact) mass is 310 g/mol. The lowest BCUT2D eigenvalue weighted by Crippen LogP contribution is -2.26. The van der Waals surface area contributed by atoms with Gasteiger partial charge in [-0.15, -0.1) is 0 Å². The summed E-state index contributed by atoms with van der Waals surface area (Å²) in [6.45, 7) is 3.48. The Kier molecular flexibility index (Phi) is 4.64. The Morgan fingerprint density at radius 2 is 2.10 bits per heavy atom. The first-order valence-electron chi connectivity index (χ1n) is 6.49. The summed E-state index contributed by atoms with van der Waals surface area (Å²) in [4.78, 5) is 0.119. The molecule has 6 nitrogen and oxygen atoms in total. The van der Waals surface area contributed by atoms with E-state index in [-0.39, 0.29) is 4.90 Å². The number of nitrogens with zero attached hydrogens (tertiary/aromatic N) is 1. The standard InChI is InChI=1S/C14H18N2O4S/c1-10-14(11(2)20-16-10)21(17,18)15-8-7-12-5-4-6-13(9-12)19-3/h4-6,9,15H,7-8H2,1-3H3. The van der Waals surface area contributed by atoms with Crippen molar-refractivity contribution in [2.75, 3.05) is 13.7 Å². The van der Waals surface area contributed by atoms with Crippen molar-refractivity contribution in [2.24, 2.45) is 0 Å². The molecule has 0 spiro atoms. The Hall–Kier alpha value is -1.86. The lowest BCUT2D eigenvalue weighted by molar-refractivity contribution is 0.390. The maximum absolute atomic E-state index is 12.2. The number of ether oxygens (including phenoxy) is 1. The number of nitrogens with one attached hydrogen (secondary N) is 1. The van der Waals surface area contributed by atoms with E-state index in [9.17, 15) is 8.42 Å². The van der Waals surface area contributed by atoms with Crippen LogP contribution < -0.4 is 9.46 Å². The summed E-state index contributed by atoms with van der Waals surface area (Å²) >= 11 is 0. The van der Waals surface area contributed by atoms with Crippen LogP contribution >= 0.6 is 0 Å². The molecule has 0 aliphatic rings. The van der Waals surface area contributed by atoms with E-state index >= 15 is 0 Å². The predicted octanol–water partition coefficient (Wildman–Crippen LogP) is 1.82. The van der Waals surface area contributed by atoms with Crippen molar-refractivity contribution in [3.05, 3.63) is 41.3 Å². The van der Waals surface area contributed by atoms with Gasteiger partial charge in [0.15, 0.2) is 5.76 Å². The van der Waals surface area contributed by atoms with Crippen molar-refractivity contribution < 1.29 is 17.7 Å². The second kappa shape index (κ2) is 6.28. The van der Waals surface area contributed by atoms with Crippen molar-refractivity contribution in [3.8, 4) is 5.75 Å². The third-order valence-corrected chi connectivity index (χ3v) is 4.78. The molecule has 0 atom stereocenters. The molecule has 21 heavy (non-hydrogen) atoms. The summed E-state index contributed by atoms with van der Waals surface area (Å²) in [6.07, 6.45) is 0.569. The first-order valence-corrected chi connectivity index (χ1v) is 7.98. The molecule has 1 N–H and O–H groups in total. The fraction of sp³-hybridized carbons (Fsp3) is 0.357. The molecule has 7 heteroatoms. The van der Waals surface area contributed by atoms with E-state index < -0.39 is 10.0 Å². The summed E-state index contributed by atoms with van der Waals surface area (Å²) in [5.41, 5.74) is 1.36. The maximum atomic E-state index is 12.2. The van der Waals surface area contributed by atoms with Gasteiger partial charge < -0.3 is 9.26 Å². The molecule has 0 saturated carbocycles. The van der Waals surface area contributed by atoms with Gasteiger partial charge in [-0.1, -0.05) is 17.3 Å².